The monoisotopic (exact) mass is 435 g/mol. The third kappa shape index (κ3) is 4.17. The molecule has 7 nitrogen and oxygen atoms in total. The summed E-state index contributed by atoms with van der Waals surface area (Å²) in [5, 5.41) is 14.7. The topological polar surface area (TPSA) is 91.2 Å². The van der Waals surface area contributed by atoms with E-state index >= 15 is 0 Å². The minimum absolute atomic E-state index is 0.0701. The zero-order valence-electron chi connectivity index (χ0n) is 13.7. The highest BCUT2D eigenvalue weighted by atomic mass is 79.9. The van der Waals surface area contributed by atoms with Crippen LogP contribution in [0.5, 0.6) is 0 Å². The first-order valence-corrected chi connectivity index (χ1v) is 9.34. The Morgan fingerprint density at radius 1 is 1.42 bits per heavy atom. The van der Waals surface area contributed by atoms with Crippen molar-refractivity contribution in [1.82, 2.24) is 9.78 Å². The third-order valence-electron chi connectivity index (χ3n) is 3.52. The maximum Gasteiger partial charge on any atom is 0.404 e. The molecule has 26 heavy (non-hydrogen) atoms. The Labute approximate surface area is 161 Å². The van der Waals surface area contributed by atoms with Crippen molar-refractivity contribution in [3.8, 4) is 0 Å². The number of hydrogen-bond donors (Lipinski definition) is 0. The van der Waals surface area contributed by atoms with Gasteiger partial charge in [0.1, 0.15) is 22.5 Å². The van der Waals surface area contributed by atoms with Crippen LogP contribution in [-0.2, 0) is 13.0 Å². The smallest absolute Gasteiger partial charge is 0.404 e. The number of hydrogen-bond acceptors (Lipinski definition) is 6. The van der Waals surface area contributed by atoms with E-state index in [9.17, 15) is 14.9 Å². The number of ketones is 1. The minimum Gasteiger partial charge on any atom is -0.460 e. The van der Waals surface area contributed by atoms with Gasteiger partial charge in [0.05, 0.1) is 16.2 Å². The van der Waals surface area contributed by atoms with Crippen LogP contribution in [0.2, 0.25) is 0 Å². The number of nitrogens with zero attached hydrogens (tertiary/aromatic N) is 3. The van der Waals surface area contributed by atoms with Gasteiger partial charge in [-0.2, -0.15) is 4.68 Å². The molecule has 0 N–H and O–H groups in total. The van der Waals surface area contributed by atoms with Gasteiger partial charge in [-0.15, -0.1) is 11.3 Å². The number of thiophene rings is 1. The van der Waals surface area contributed by atoms with Crippen LogP contribution in [0.25, 0.3) is 6.08 Å². The summed E-state index contributed by atoms with van der Waals surface area (Å²) in [6.45, 7) is 2.30. The van der Waals surface area contributed by atoms with Crippen molar-refractivity contribution in [2.75, 3.05) is 0 Å². The Hall–Kier alpha value is -2.52. The maximum absolute atomic E-state index is 12.1. The Morgan fingerprint density at radius 2 is 2.23 bits per heavy atom. The second kappa shape index (κ2) is 7.79. The maximum atomic E-state index is 12.1. The zero-order chi connectivity index (χ0) is 18.7. The highest BCUT2D eigenvalue weighted by molar-refractivity contribution is 9.10. The van der Waals surface area contributed by atoms with Crippen molar-refractivity contribution < 1.29 is 14.1 Å². The average Bonchev–Trinajstić information content (AvgIpc) is 3.32. The number of aryl methyl sites for hydroxylation is 1. The molecule has 3 heterocycles. The van der Waals surface area contributed by atoms with Crippen LogP contribution in [-0.4, -0.2) is 20.5 Å². The number of halogens is 1. The highest BCUT2D eigenvalue weighted by Gasteiger charge is 2.19. The third-order valence-corrected chi connectivity index (χ3v) is 5.33. The van der Waals surface area contributed by atoms with E-state index in [2.05, 4.69) is 21.0 Å². The molecule has 0 spiro atoms. The molecule has 0 saturated heterocycles. The SMILES string of the molecule is CCc1ccc(C(=O)/C=C/c2ccc(Cn3cc(Br)c([N+](=O)[O-])n3)o2)s1. The molecule has 0 saturated carbocycles. The van der Waals surface area contributed by atoms with Gasteiger partial charge in [-0.25, -0.2) is 0 Å². The number of allylic oxidation sites excluding steroid dienone is 1. The number of aromatic nitrogens is 2. The Balaban J connectivity index is 1.66. The van der Waals surface area contributed by atoms with Gasteiger partial charge in [0.2, 0.25) is 0 Å². The lowest BCUT2D eigenvalue weighted by Crippen LogP contribution is -2.00. The normalized spacial score (nSPS) is 11.3. The van der Waals surface area contributed by atoms with Crippen LogP contribution < -0.4 is 0 Å². The fourth-order valence-electron chi connectivity index (χ4n) is 2.26. The predicted octanol–water partition coefficient (Wildman–Crippen LogP) is 4.72. The van der Waals surface area contributed by atoms with E-state index in [0.717, 1.165) is 6.42 Å². The highest BCUT2D eigenvalue weighted by Crippen LogP contribution is 2.23. The summed E-state index contributed by atoms with van der Waals surface area (Å²) in [5.41, 5.74) is 0. The molecule has 0 aliphatic carbocycles. The van der Waals surface area contributed by atoms with Crippen molar-refractivity contribution >= 4 is 44.9 Å². The molecule has 9 heteroatoms. The molecule has 0 aromatic carbocycles. The lowest BCUT2D eigenvalue weighted by Gasteiger charge is -1.93. The predicted molar refractivity (Wildman–Crippen MR) is 101 cm³/mol. The lowest BCUT2D eigenvalue weighted by molar-refractivity contribution is -0.390. The van der Waals surface area contributed by atoms with E-state index in [0.29, 0.717) is 20.9 Å². The molecular formula is C17H14BrN3O4S. The van der Waals surface area contributed by atoms with Crippen molar-refractivity contribution in [3.63, 3.8) is 0 Å². The summed E-state index contributed by atoms with van der Waals surface area (Å²) in [4.78, 5) is 24.3. The summed E-state index contributed by atoms with van der Waals surface area (Å²) in [6.07, 6.45) is 5.51. The van der Waals surface area contributed by atoms with E-state index in [1.165, 1.54) is 33.2 Å². The summed E-state index contributed by atoms with van der Waals surface area (Å²) in [7, 11) is 0. The quantitative estimate of drug-likeness (QED) is 0.231. The Morgan fingerprint density at radius 3 is 2.88 bits per heavy atom. The number of carbonyl (C=O) groups is 1. The van der Waals surface area contributed by atoms with Gasteiger partial charge in [-0.1, -0.05) is 6.92 Å². The molecule has 0 radical (unpaired) electrons. The van der Waals surface area contributed by atoms with Crippen molar-refractivity contribution in [2.45, 2.75) is 19.9 Å². The summed E-state index contributed by atoms with van der Waals surface area (Å²) >= 11 is 4.59. The molecule has 0 amide bonds. The van der Waals surface area contributed by atoms with Gasteiger partial charge in [0, 0.05) is 4.88 Å². The first-order chi connectivity index (χ1) is 12.5. The Kier molecular flexibility index (Phi) is 5.48. The number of rotatable bonds is 7. The van der Waals surface area contributed by atoms with E-state index < -0.39 is 4.92 Å². The van der Waals surface area contributed by atoms with Crippen molar-refractivity contribution in [2.24, 2.45) is 0 Å². The molecule has 0 bridgehead atoms. The van der Waals surface area contributed by atoms with Crippen molar-refractivity contribution in [3.05, 3.63) is 72.4 Å². The fraction of sp³-hybridized carbons (Fsp3) is 0.176. The molecule has 3 aromatic heterocycles. The zero-order valence-corrected chi connectivity index (χ0v) is 16.1. The largest absolute Gasteiger partial charge is 0.460 e. The summed E-state index contributed by atoms with van der Waals surface area (Å²) < 4.78 is 7.35. The van der Waals surface area contributed by atoms with Gasteiger partial charge in [-0.05, 0) is 63.7 Å². The minimum atomic E-state index is -0.559. The van der Waals surface area contributed by atoms with Gasteiger partial charge in [0.25, 0.3) is 0 Å². The molecule has 0 unspecified atom stereocenters. The number of nitro groups is 1. The molecule has 3 aromatic rings. The van der Waals surface area contributed by atoms with Crippen LogP contribution in [0.1, 0.15) is 33.0 Å². The van der Waals surface area contributed by atoms with Crippen LogP contribution in [0.4, 0.5) is 5.82 Å². The van der Waals surface area contributed by atoms with Gasteiger partial charge < -0.3 is 14.5 Å². The molecular weight excluding hydrogens is 422 g/mol. The fourth-order valence-corrected chi connectivity index (χ4v) is 3.59. The second-order valence-electron chi connectivity index (χ2n) is 5.38. The molecule has 0 aliphatic rings. The number of carbonyl (C=O) groups excluding carboxylic acids is 1. The van der Waals surface area contributed by atoms with Crippen LogP contribution in [0.3, 0.4) is 0 Å². The van der Waals surface area contributed by atoms with Crippen LogP contribution in [0, 0.1) is 10.1 Å². The van der Waals surface area contributed by atoms with Gasteiger partial charge >= 0.3 is 5.82 Å². The average molecular weight is 436 g/mol. The molecule has 0 atom stereocenters. The van der Waals surface area contributed by atoms with Gasteiger partial charge in [-0.3, -0.25) is 4.79 Å². The molecule has 3 rings (SSSR count). The molecule has 0 aliphatic heterocycles. The first kappa shape index (κ1) is 18.3. The Bertz CT molecular complexity index is 986. The summed E-state index contributed by atoms with van der Waals surface area (Å²) in [6, 6.07) is 7.26. The number of furan rings is 1. The van der Waals surface area contributed by atoms with E-state index in [1.54, 1.807) is 18.2 Å². The van der Waals surface area contributed by atoms with Crippen molar-refractivity contribution in [1.29, 1.82) is 0 Å². The first-order valence-electron chi connectivity index (χ1n) is 7.73. The standard InChI is InChI=1S/C17H14BrN3O4S/c1-2-13-6-8-16(26-13)15(22)7-5-11-3-4-12(25-11)9-20-10-14(18)17(19-20)21(23)24/h3-8,10H,2,9H2,1H3/b7-5+. The van der Waals surface area contributed by atoms with E-state index in [4.69, 9.17) is 4.42 Å². The van der Waals surface area contributed by atoms with Crippen LogP contribution in [0.15, 0.2) is 45.4 Å². The van der Waals surface area contributed by atoms with Gasteiger partial charge in [0.15, 0.2) is 5.78 Å². The van der Waals surface area contributed by atoms with E-state index in [-0.39, 0.29) is 18.1 Å². The lowest BCUT2D eigenvalue weighted by atomic mass is 10.2. The summed E-state index contributed by atoms with van der Waals surface area (Å²) in [5.74, 6) is 0.789. The van der Waals surface area contributed by atoms with E-state index in [1.807, 2.05) is 19.1 Å². The molecule has 134 valence electrons. The second-order valence-corrected chi connectivity index (χ2v) is 7.40. The molecule has 0 fully saturated rings. The van der Waals surface area contributed by atoms with Crippen LogP contribution >= 0.6 is 27.3 Å².